The van der Waals surface area contributed by atoms with Crippen molar-refractivity contribution in [1.29, 1.82) is 0 Å². The van der Waals surface area contributed by atoms with Crippen LogP contribution in [0.4, 0.5) is 0 Å². The highest BCUT2D eigenvalue weighted by Crippen LogP contribution is 2.26. The molecule has 2 aromatic rings. The zero-order valence-corrected chi connectivity index (χ0v) is 6.52. The molecule has 1 heterocycles. The Morgan fingerprint density at radius 3 is 2.85 bits per heavy atom. The highest BCUT2D eigenvalue weighted by molar-refractivity contribution is 6.01. The van der Waals surface area contributed by atoms with E-state index in [2.05, 4.69) is 0 Å². The van der Waals surface area contributed by atoms with E-state index in [0.717, 1.165) is 0 Å². The third-order valence-electron chi connectivity index (χ3n) is 1.76. The molecule has 1 aromatic carbocycles. The summed E-state index contributed by atoms with van der Waals surface area (Å²) >= 11 is 0. The summed E-state index contributed by atoms with van der Waals surface area (Å²) in [5.41, 5.74) is 0.255. The number of furan rings is 1. The molecule has 0 unspecified atom stereocenters. The van der Waals surface area contributed by atoms with E-state index >= 15 is 0 Å². The van der Waals surface area contributed by atoms with Crippen LogP contribution in [-0.4, -0.2) is 16.2 Å². The van der Waals surface area contributed by atoms with Crippen LogP contribution < -0.4 is 0 Å². The Labute approximate surface area is 73.0 Å². The SMILES string of the molecule is O=C(O)c1cccc2cc(O)oc12. The maximum atomic E-state index is 10.7. The third kappa shape index (κ3) is 1.12. The summed E-state index contributed by atoms with van der Waals surface area (Å²) in [7, 11) is 0. The van der Waals surface area contributed by atoms with Crippen molar-refractivity contribution >= 4 is 16.9 Å². The molecule has 2 N–H and O–H groups in total. The lowest BCUT2D eigenvalue weighted by Gasteiger charge is -1.93. The van der Waals surface area contributed by atoms with Crippen molar-refractivity contribution in [2.75, 3.05) is 0 Å². The van der Waals surface area contributed by atoms with Crippen molar-refractivity contribution in [3.8, 4) is 5.95 Å². The average molecular weight is 178 g/mol. The zero-order chi connectivity index (χ0) is 9.42. The number of carboxylic acid groups (broad SMARTS) is 1. The van der Waals surface area contributed by atoms with E-state index in [1.54, 1.807) is 12.1 Å². The summed E-state index contributed by atoms with van der Waals surface area (Å²) in [5.74, 6) is -1.34. The number of para-hydroxylation sites is 1. The van der Waals surface area contributed by atoms with Gasteiger partial charge in [-0.15, -0.1) is 0 Å². The minimum atomic E-state index is -1.07. The molecule has 13 heavy (non-hydrogen) atoms. The molecule has 4 nitrogen and oxygen atoms in total. The van der Waals surface area contributed by atoms with Gasteiger partial charge in [-0.3, -0.25) is 0 Å². The van der Waals surface area contributed by atoms with E-state index in [1.165, 1.54) is 12.1 Å². The Bertz CT molecular complexity index is 469. The van der Waals surface area contributed by atoms with Gasteiger partial charge < -0.3 is 14.6 Å². The predicted molar refractivity (Wildman–Crippen MR) is 44.8 cm³/mol. The monoisotopic (exact) mass is 178 g/mol. The number of carbonyl (C=O) groups is 1. The number of aromatic carboxylic acids is 1. The van der Waals surface area contributed by atoms with Gasteiger partial charge in [-0.25, -0.2) is 4.79 Å². The first-order valence-electron chi connectivity index (χ1n) is 3.63. The molecule has 0 amide bonds. The molecule has 2 rings (SSSR count). The van der Waals surface area contributed by atoms with Gasteiger partial charge in [0.25, 0.3) is 5.95 Å². The lowest BCUT2D eigenvalue weighted by atomic mass is 10.1. The van der Waals surface area contributed by atoms with E-state index in [1.807, 2.05) is 0 Å². The van der Waals surface area contributed by atoms with Gasteiger partial charge in [0.05, 0.1) is 0 Å². The van der Waals surface area contributed by atoms with E-state index < -0.39 is 5.97 Å². The summed E-state index contributed by atoms with van der Waals surface area (Å²) < 4.78 is 4.84. The van der Waals surface area contributed by atoms with Crippen molar-refractivity contribution in [2.45, 2.75) is 0 Å². The molecular weight excluding hydrogens is 172 g/mol. The Kier molecular flexibility index (Phi) is 1.48. The maximum absolute atomic E-state index is 10.7. The van der Waals surface area contributed by atoms with E-state index in [9.17, 15) is 4.79 Å². The van der Waals surface area contributed by atoms with Crippen LogP contribution in [0.1, 0.15) is 10.4 Å². The van der Waals surface area contributed by atoms with Gasteiger partial charge in [0.15, 0.2) is 5.58 Å². The molecule has 66 valence electrons. The van der Waals surface area contributed by atoms with Gasteiger partial charge in [0, 0.05) is 11.5 Å². The van der Waals surface area contributed by atoms with Crippen LogP contribution in [-0.2, 0) is 0 Å². The molecule has 0 aliphatic heterocycles. The second-order valence-electron chi connectivity index (χ2n) is 2.61. The molecule has 1 aromatic heterocycles. The van der Waals surface area contributed by atoms with Gasteiger partial charge >= 0.3 is 5.97 Å². The Morgan fingerprint density at radius 1 is 1.38 bits per heavy atom. The minimum Gasteiger partial charge on any atom is -0.481 e. The normalized spacial score (nSPS) is 10.5. The van der Waals surface area contributed by atoms with Crippen LogP contribution in [0, 0.1) is 0 Å². The van der Waals surface area contributed by atoms with Crippen LogP contribution in [0.25, 0.3) is 11.0 Å². The first-order chi connectivity index (χ1) is 6.18. The van der Waals surface area contributed by atoms with Crippen LogP contribution in [0.5, 0.6) is 5.95 Å². The molecule has 0 aliphatic rings. The quantitative estimate of drug-likeness (QED) is 0.698. The number of aromatic hydroxyl groups is 1. The Hall–Kier alpha value is -1.97. The topological polar surface area (TPSA) is 70.7 Å². The highest BCUT2D eigenvalue weighted by Gasteiger charge is 2.12. The number of hydrogen-bond donors (Lipinski definition) is 2. The Morgan fingerprint density at radius 2 is 2.15 bits per heavy atom. The average Bonchev–Trinajstić information content (AvgIpc) is 2.43. The van der Waals surface area contributed by atoms with E-state index in [0.29, 0.717) is 5.39 Å². The summed E-state index contributed by atoms with van der Waals surface area (Å²) in [4.78, 5) is 10.7. The first-order valence-corrected chi connectivity index (χ1v) is 3.63. The van der Waals surface area contributed by atoms with Crippen molar-refractivity contribution in [3.05, 3.63) is 29.8 Å². The number of rotatable bonds is 1. The largest absolute Gasteiger partial charge is 0.481 e. The molecule has 0 fully saturated rings. The lowest BCUT2D eigenvalue weighted by molar-refractivity contribution is 0.0698. The molecule has 0 radical (unpaired) electrons. The standard InChI is InChI=1S/C9H6O4/c10-7-4-5-2-1-3-6(9(11)12)8(5)13-7/h1-4,10H,(H,11,12). The second kappa shape index (κ2) is 2.52. The molecule has 4 heteroatoms. The number of carboxylic acids is 1. The van der Waals surface area contributed by atoms with Gasteiger partial charge in [0.1, 0.15) is 5.56 Å². The number of benzene rings is 1. The fourth-order valence-electron chi connectivity index (χ4n) is 1.22. The summed E-state index contributed by atoms with van der Waals surface area (Å²) in [6.07, 6.45) is 0. The predicted octanol–water partition coefficient (Wildman–Crippen LogP) is 1.84. The molecule has 0 atom stereocenters. The minimum absolute atomic E-state index is 0.0535. The summed E-state index contributed by atoms with van der Waals surface area (Å²) in [5, 5.41) is 18.3. The highest BCUT2D eigenvalue weighted by atomic mass is 16.5. The zero-order valence-electron chi connectivity index (χ0n) is 6.52. The number of hydrogen-bond acceptors (Lipinski definition) is 3. The maximum Gasteiger partial charge on any atom is 0.339 e. The fourth-order valence-corrected chi connectivity index (χ4v) is 1.22. The van der Waals surface area contributed by atoms with E-state index in [-0.39, 0.29) is 17.1 Å². The third-order valence-corrected chi connectivity index (χ3v) is 1.76. The van der Waals surface area contributed by atoms with E-state index in [4.69, 9.17) is 14.6 Å². The van der Waals surface area contributed by atoms with Gasteiger partial charge in [0.2, 0.25) is 0 Å². The van der Waals surface area contributed by atoms with Crippen LogP contribution in [0.2, 0.25) is 0 Å². The van der Waals surface area contributed by atoms with Crippen molar-refractivity contribution < 1.29 is 19.4 Å². The smallest absolute Gasteiger partial charge is 0.339 e. The lowest BCUT2D eigenvalue weighted by Crippen LogP contribution is -1.95. The molecule has 0 spiro atoms. The van der Waals surface area contributed by atoms with Crippen LogP contribution >= 0.6 is 0 Å². The Balaban J connectivity index is 2.82. The van der Waals surface area contributed by atoms with Crippen LogP contribution in [0.15, 0.2) is 28.7 Å². The fraction of sp³-hybridized carbons (Fsp3) is 0. The van der Waals surface area contributed by atoms with Gasteiger partial charge in [-0.1, -0.05) is 12.1 Å². The van der Waals surface area contributed by atoms with Crippen LogP contribution in [0.3, 0.4) is 0 Å². The molecule has 0 aliphatic carbocycles. The molecule has 0 bridgehead atoms. The van der Waals surface area contributed by atoms with Crippen molar-refractivity contribution in [2.24, 2.45) is 0 Å². The van der Waals surface area contributed by atoms with Crippen molar-refractivity contribution in [1.82, 2.24) is 0 Å². The van der Waals surface area contributed by atoms with Gasteiger partial charge in [-0.2, -0.15) is 0 Å². The first kappa shape index (κ1) is 7.67. The molecule has 0 saturated heterocycles. The number of fused-ring (bicyclic) bond motifs is 1. The molecular formula is C9H6O4. The molecule has 0 saturated carbocycles. The van der Waals surface area contributed by atoms with Gasteiger partial charge in [-0.05, 0) is 6.07 Å². The summed E-state index contributed by atoms with van der Waals surface area (Å²) in [6, 6.07) is 6.07. The summed E-state index contributed by atoms with van der Waals surface area (Å²) in [6.45, 7) is 0. The second-order valence-corrected chi connectivity index (χ2v) is 2.61. The van der Waals surface area contributed by atoms with Crippen molar-refractivity contribution in [3.63, 3.8) is 0 Å².